The molecular weight excluding hydrogens is 550 g/mol. The predicted molar refractivity (Wildman–Crippen MR) is 139 cm³/mol. The molecule has 0 bridgehead atoms. The van der Waals surface area contributed by atoms with Gasteiger partial charge < -0.3 is 10.2 Å². The van der Waals surface area contributed by atoms with Crippen LogP contribution in [0.25, 0.3) is 0 Å². The summed E-state index contributed by atoms with van der Waals surface area (Å²) in [7, 11) is -3.27. The third-order valence-electron chi connectivity index (χ3n) is 6.69. The summed E-state index contributed by atoms with van der Waals surface area (Å²) < 4.78 is 64.2. The maximum atomic E-state index is 13.5. The van der Waals surface area contributed by atoms with E-state index in [-0.39, 0.29) is 18.5 Å². The number of amides is 1. The highest BCUT2D eigenvalue weighted by Gasteiger charge is 2.36. The van der Waals surface area contributed by atoms with Crippen LogP contribution in [0.15, 0.2) is 42.5 Å². The number of nitrogens with one attached hydrogen (secondary N) is 2. The van der Waals surface area contributed by atoms with Crippen molar-refractivity contribution in [1.82, 2.24) is 14.9 Å². The largest absolute Gasteiger partial charge is 0.416 e. The Balaban J connectivity index is 1.70. The summed E-state index contributed by atoms with van der Waals surface area (Å²) in [6, 6.07) is 9.58. The average Bonchev–Trinajstić information content (AvgIpc) is 2.82. The molecule has 6 nitrogen and oxygen atoms in total. The van der Waals surface area contributed by atoms with Crippen LogP contribution in [-0.4, -0.2) is 51.2 Å². The Morgan fingerprint density at radius 3 is 2.16 bits per heavy atom. The quantitative estimate of drug-likeness (QED) is 0.438. The second kappa shape index (κ2) is 11.9. The topological polar surface area (TPSA) is 78.5 Å². The molecular formula is C25H30Cl2F3N3O3S. The van der Waals surface area contributed by atoms with Crippen LogP contribution in [0.5, 0.6) is 0 Å². The van der Waals surface area contributed by atoms with E-state index in [2.05, 4.69) is 14.9 Å². The first-order chi connectivity index (χ1) is 17.2. The van der Waals surface area contributed by atoms with Crippen LogP contribution in [0.2, 0.25) is 10.0 Å². The fourth-order valence-electron chi connectivity index (χ4n) is 4.38. The minimum atomic E-state index is -4.43. The molecule has 37 heavy (non-hydrogen) atoms. The molecule has 2 aromatic carbocycles. The van der Waals surface area contributed by atoms with Crippen molar-refractivity contribution in [3.05, 3.63) is 69.2 Å². The lowest BCUT2D eigenvalue weighted by Crippen LogP contribution is -2.47. The van der Waals surface area contributed by atoms with Crippen LogP contribution in [-0.2, 0) is 33.0 Å². The number of carbonyl (C=O) groups is 1. The van der Waals surface area contributed by atoms with Gasteiger partial charge in [0.25, 0.3) is 0 Å². The third-order valence-corrected chi connectivity index (χ3v) is 8.19. The highest BCUT2D eigenvalue weighted by atomic mass is 35.5. The normalized spacial score (nSPS) is 17.4. The maximum absolute atomic E-state index is 13.5. The van der Waals surface area contributed by atoms with Crippen LogP contribution >= 0.6 is 23.2 Å². The maximum Gasteiger partial charge on any atom is 0.416 e. The minimum absolute atomic E-state index is 0.0659. The van der Waals surface area contributed by atoms with Gasteiger partial charge in [-0.15, -0.1) is 0 Å². The molecule has 12 heteroatoms. The molecule has 2 aromatic rings. The summed E-state index contributed by atoms with van der Waals surface area (Å²) in [6.07, 6.45) is -1.52. The van der Waals surface area contributed by atoms with Gasteiger partial charge in [0, 0.05) is 12.6 Å². The van der Waals surface area contributed by atoms with Crippen LogP contribution in [0.1, 0.15) is 42.9 Å². The van der Waals surface area contributed by atoms with E-state index in [9.17, 15) is 26.4 Å². The number of sulfonamides is 1. The highest BCUT2D eigenvalue weighted by Crippen LogP contribution is 2.34. The first-order valence-corrected chi connectivity index (χ1v) is 14.4. The fourth-order valence-corrected chi connectivity index (χ4v) is 5.52. The zero-order valence-electron chi connectivity index (χ0n) is 20.5. The van der Waals surface area contributed by atoms with Crippen molar-refractivity contribution >= 4 is 39.1 Å². The Bertz CT molecular complexity index is 1200. The second-order valence-corrected chi connectivity index (χ2v) is 12.2. The van der Waals surface area contributed by atoms with E-state index in [0.717, 1.165) is 18.4 Å². The minimum Gasteiger partial charge on any atom is -0.351 e. The molecule has 0 saturated carbocycles. The molecule has 1 saturated heterocycles. The number of halogens is 5. The summed E-state index contributed by atoms with van der Waals surface area (Å²) in [5.41, 5.74) is -0.542. The van der Waals surface area contributed by atoms with E-state index in [1.807, 2.05) is 0 Å². The van der Waals surface area contributed by atoms with Crippen molar-refractivity contribution in [2.45, 2.75) is 50.4 Å². The van der Waals surface area contributed by atoms with Gasteiger partial charge in [-0.05, 0) is 81.2 Å². The Hall–Kier alpha value is -1.85. The standard InChI is InChI=1S/C25H30Cl2F3N3O3S/c1-24(19-7-8-21(26)22(27)15-19,11-14-33-12-9-20(10-13-33)32-37(2,35)36)23(34)31-16-17-3-5-18(6-4-17)25(28,29)30/h3-8,15,20,32H,9-14,16H2,1-2H3,(H,31,34). The average molecular weight is 581 g/mol. The number of benzene rings is 2. The Morgan fingerprint density at radius 2 is 1.62 bits per heavy atom. The molecule has 1 aliphatic heterocycles. The second-order valence-electron chi connectivity index (χ2n) is 9.59. The number of carbonyl (C=O) groups excluding carboxylic acids is 1. The lowest BCUT2D eigenvalue weighted by Gasteiger charge is -2.35. The van der Waals surface area contributed by atoms with Crippen LogP contribution in [0, 0.1) is 0 Å². The summed E-state index contributed by atoms with van der Waals surface area (Å²) in [4.78, 5) is 15.7. The molecule has 0 aliphatic carbocycles. The number of hydrogen-bond acceptors (Lipinski definition) is 4. The Morgan fingerprint density at radius 1 is 1.03 bits per heavy atom. The SMILES string of the molecule is CC(CCN1CCC(NS(C)(=O)=O)CC1)(C(=O)NCc1ccc(C(F)(F)F)cc1)c1ccc(Cl)c(Cl)c1. The summed E-state index contributed by atoms with van der Waals surface area (Å²) in [5, 5.41) is 3.53. The number of likely N-dealkylation sites (tertiary alicyclic amines) is 1. The smallest absolute Gasteiger partial charge is 0.351 e. The van der Waals surface area contributed by atoms with Crippen molar-refractivity contribution in [2.75, 3.05) is 25.9 Å². The molecule has 3 rings (SSSR count). The van der Waals surface area contributed by atoms with Crippen molar-refractivity contribution in [3.63, 3.8) is 0 Å². The van der Waals surface area contributed by atoms with Gasteiger partial charge >= 0.3 is 6.18 Å². The molecule has 1 atom stereocenters. The van der Waals surface area contributed by atoms with E-state index in [1.54, 1.807) is 25.1 Å². The van der Waals surface area contributed by atoms with Crippen LogP contribution in [0.3, 0.4) is 0 Å². The summed E-state index contributed by atoms with van der Waals surface area (Å²) in [6.45, 7) is 3.80. The van der Waals surface area contributed by atoms with Crippen molar-refractivity contribution < 1.29 is 26.4 Å². The molecule has 0 aromatic heterocycles. The molecule has 1 aliphatic rings. The third kappa shape index (κ3) is 8.32. The molecule has 204 valence electrons. The van der Waals surface area contributed by atoms with Crippen molar-refractivity contribution in [3.8, 4) is 0 Å². The van der Waals surface area contributed by atoms with Gasteiger partial charge in [0.05, 0.1) is 27.3 Å². The highest BCUT2D eigenvalue weighted by molar-refractivity contribution is 7.88. The molecule has 1 fully saturated rings. The van der Waals surface area contributed by atoms with Crippen molar-refractivity contribution in [2.24, 2.45) is 0 Å². The zero-order valence-corrected chi connectivity index (χ0v) is 22.9. The van der Waals surface area contributed by atoms with E-state index in [0.29, 0.717) is 60.1 Å². The summed E-state index contributed by atoms with van der Waals surface area (Å²) in [5.74, 6) is -0.292. The Kier molecular flexibility index (Phi) is 9.56. The fraction of sp³-hybridized carbons (Fsp3) is 0.480. The lowest BCUT2D eigenvalue weighted by atomic mass is 9.78. The summed E-state index contributed by atoms with van der Waals surface area (Å²) >= 11 is 12.3. The van der Waals surface area contributed by atoms with Gasteiger partial charge in [-0.3, -0.25) is 4.79 Å². The molecule has 0 spiro atoms. The van der Waals surface area contributed by atoms with Crippen molar-refractivity contribution in [1.29, 1.82) is 0 Å². The molecule has 2 N–H and O–H groups in total. The van der Waals surface area contributed by atoms with Crippen LogP contribution < -0.4 is 10.0 Å². The zero-order chi connectivity index (χ0) is 27.4. The molecule has 1 amide bonds. The van der Waals surface area contributed by atoms with Gasteiger partial charge in [-0.1, -0.05) is 41.4 Å². The predicted octanol–water partition coefficient (Wildman–Crippen LogP) is 4.99. The van der Waals surface area contributed by atoms with E-state index < -0.39 is 27.2 Å². The molecule has 1 heterocycles. The first-order valence-electron chi connectivity index (χ1n) is 11.8. The number of hydrogen-bond donors (Lipinski definition) is 2. The number of nitrogens with zero attached hydrogens (tertiary/aromatic N) is 1. The monoisotopic (exact) mass is 579 g/mol. The lowest BCUT2D eigenvalue weighted by molar-refractivity contribution is -0.137. The van der Waals surface area contributed by atoms with Gasteiger partial charge in [0.1, 0.15) is 0 Å². The van der Waals surface area contributed by atoms with Gasteiger partial charge in [-0.2, -0.15) is 13.2 Å². The Labute approximate surface area is 225 Å². The van der Waals surface area contributed by atoms with Gasteiger partial charge in [-0.25, -0.2) is 13.1 Å². The van der Waals surface area contributed by atoms with Gasteiger partial charge in [0.15, 0.2) is 0 Å². The van der Waals surface area contributed by atoms with Gasteiger partial charge in [0.2, 0.25) is 15.9 Å². The van der Waals surface area contributed by atoms with E-state index in [1.165, 1.54) is 12.1 Å². The number of alkyl halides is 3. The van der Waals surface area contributed by atoms with E-state index >= 15 is 0 Å². The molecule has 1 unspecified atom stereocenters. The number of piperidine rings is 1. The first kappa shape index (κ1) is 29.7. The van der Waals surface area contributed by atoms with Crippen LogP contribution in [0.4, 0.5) is 13.2 Å². The molecule has 0 radical (unpaired) electrons. The van der Waals surface area contributed by atoms with E-state index in [4.69, 9.17) is 23.2 Å². The number of rotatable bonds is 9.